The first kappa shape index (κ1) is 16.2. The van der Waals surface area contributed by atoms with Crippen LogP contribution in [-0.2, 0) is 4.79 Å². The Morgan fingerprint density at radius 2 is 1.78 bits per heavy atom. The van der Waals surface area contributed by atoms with Crippen LogP contribution in [0.5, 0.6) is 0 Å². The van der Waals surface area contributed by atoms with Crippen molar-refractivity contribution in [2.75, 3.05) is 5.32 Å². The fourth-order valence-corrected chi connectivity index (χ4v) is 1.87. The molecule has 0 bridgehead atoms. The fraction of sp³-hybridized carbons (Fsp3) is 0. The van der Waals surface area contributed by atoms with Crippen molar-refractivity contribution in [1.29, 1.82) is 5.26 Å². The van der Waals surface area contributed by atoms with Gasteiger partial charge in [-0.3, -0.25) is 14.9 Å². The van der Waals surface area contributed by atoms with Gasteiger partial charge in [0.2, 0.25) is 0 Å². The number of non-ortho nitro benzene ring substituents is 1. The molecule has 0 radical (unpaired) electrons. The Morgan fingerprint density at radius 3 is 2.30 bits per heavy atom. The molecule has 1 amide bonds. The quantitative estimate of drug-likeness (QED) is 0.400. The van der Waals surface area contributed by atoms with Gasteiger partial charge in [-0.05, 0) is 48.0 Å². The molecule has 114 valence electrons. The lowest BCUT2D eigenvalue weighted by molar-refractivity contribution is -0.384. The number of halogens is 1. The molecule has 6 nitrogen and oxygen atoms in total. The predicted molar refractivity (Wildman–Crippen MR) is 86.8 cm³/mol. The summed E-state index contributed by atoms with van der Waals surface area (Å²) >= 11 is 5.76. The first-order valence-corrected chi connectivity index (χ1v) is 6.80. The Labute approximate surface area is 136 Å². The van der Waals surface area contributed by atoms with Crippen LogP contribution in [0.15, 0.2) is 54.1 Å². The van der Waals surface area contributed by atoms with E-state index < -0.39 is 10.8 Å². The van der Waals surface area contributed by atoms with Gasteiger partial charge in [0, 0.05) is 22.8 Å². The van der Waals surface area contributed by atoms with Crippen LogP contribution in [0.3, 0.4) is 0 Å². The van der Waals surface area contributed by atoms with Crippen LogP contribution < -0.4 is 5.32 Å². The van der Waals surface area contributed by atoms with Crippen molar-refractivity contribution in [1.82, 2.24) is 0 Å². The number of nitrogens with one attached hydrogen (secondary N) is 1. The van der Waals surface area contributed by atoms with E-state index in [0.717, 1.165) is 0 Å². The normalized spacial score (nSPS) is 10.7. The molecule has 0 aliphatic rings. The van der Waals surface area contributed by atoms with Crippen LogP contribution in [0.4, 0.5) is 11.4 Å². The maximum atomic E-state index is 12.1. The SMILES string of the molecule is N#CC(=Cc1ccc([N+](=O)[O-])cc1)C(=O)Nc1ccc(Cl)cc1. The Hall–Kier alpha value is -3.17. The molecule has 0 aliphatic heterocycles. The van der Waals surface area contributed by atoms with E-state index in [1.807, 2.05) is 6.07 Å². The van der Waals surface area contributed by atoms with Crippen molar-refractivity contribution in [3.05, 3.63) is 74.8 Å². The summed E-state index contributed by atoms with van der Waals surface area (Å²) < 4.78 is 0. The molecule has 0 aromatic heterocycles. The molecule has 0 heterocycles. The molecular weight excluding hydrogens is 318 g/mol. The number of rotatable bonds is 4. The van der Waals surface area contributed by atoms with Crippen LogP contribution in [0.25, 0.3) is 6.08 Å². The van der Waals surface area contributed by atoms with E-state index in [4.69, 9.17) is 16.9 Å². The van der Waals surface area contributed by atoms with Gasteiger partial charge in [0.25, 0.3) is 11.6 Å². The van der Waals surface area contributed by atoms with Crippen molar-refractivity contribution in [3.63, 3.8) is 0 Å². The minimum absolute atomic E-state index is 0.0636. The summed E-state index contributed by atoms with van der Waals surface area (Å²) in [7, 11) is 0. The summed E-state index contributed by atoms with van der Waals surface area (Å²) in [6, 6.07) is 13.8. The summed E-state index contributed by atoms with van der Waals surface area (Å²) in [5.74, 6) is -0.576. The van der Waals surface area contributed by atoms with Gasteiger partial charge in [0.1, 0.15) is 11.6 Å². The molecule has 0 saturated carbocycles. The number of nitriles is 1. The summed E-state index contributed by atoms with van der Waals surface area (Å²) in [6.45, 7) is 0. The Morgan fingerprint density at radius 1 is 1.17 bits per heavy atom. The average molecular weight is 328 g/mol. The molecule has 0 spiro atoms. The van der Waals surface area contributed by atoms with Gasteiger partial charge in [-0.1, -0.05) is 11.6 Å². The van der Waals surface area contributed by atoms with Gasteiger partial charge in [-0.15, -0.1) is 0 Å². The van der Waals surface area contributed by atoms with E-state index in [2.05, 4.69) is 5.32 Å². The highest BCUT2D eigenvalue weighted by molar-refractivity contribution is 6.30. The predicted octanol–water partition coefficient (Wildman–Crippen LogP) is 3.79. The lowest BCUT2D eigenvalue weighted by atomic mass is 10.1. The molecule has 23 heavy (non-hydrogen) atoms. The third-order valence-corrected chi connectivity index (χ3v) is 3.13. The fourth-order valence-electron chi connectivity index (χ4n) is 1.74. The highest BCUT2D eigenvalue weighted by Crippen LogP contribution is 2.16. The van der Waals surface area contributed by atoms with Crippen LogP contribution in [0.2, 0.25) is 5.02 Å². The van der Waals surface area contributed by atoms with E-state index in [1.165, 1.54) is 30.3 Å². The molecule has 2 rings (SSSR count). The first-order chi connectivity index (χ1) is 11.0. The lowest BCUT2D eigenvalue weighted by Gasteiger charge is -2.04. The van der Waals surface area contributed by atoms with Gasteiger partial charge in [0.05, 0.1) is 4.92 Å². The van der Waals surface area contributed by atoms with E-state index in [9.17, 15) is 14.9 Å². The van der Waals surface area contributed by atoms with Gasteiger partial charge < -0.3 is 5.32 Å². The van der Waals surface area contributed by atoms with Crippen LogP contribution in [0.1, 0.15) is 5.56 Å². The summed E-state index contributed by atoms with van der Waals surface area (Å²) in [5, 5.41) is 22.8. The number of carbonyl (C=O) groups is 1. The first-order valence-electron chi connectivity index (χ1n) is 6.43. The molecule has 0 unspecified atom stereocenters. The zero-order valence-electron chi connectivity index (χ0n) is 11.7. The highest BCUT2D eigenvalue weighted by Gasteiger charge is 2.10. The second-order valence-corrected chi connectivity index (χ2v) is 4.92. The molecule has 2 aromatic carbocycles. The molecule has 0 saturated heterocycles. The zero-order valence-corrected chi connectivity index (χ0v) is 12.4. The number of hydrogen-bond donors (Lipinski definition) is 1. The third kappa shape index (κ3) is 4.40. The van der Waals surface area contributed by atoms with Crippen LogP contribution >= 0.6 is 11.6 Å². The number of nitrogens with zero attached hydrogens (tertiary/aromatic N) is 2. The van der Waals surface area contributed by atoms with E-state index in [-0.39, 0.29) is 11.3 Å². The smallest absolute Gasteiger partial charge is 0.269 e. The van der Waals surface area contributed by atoms with Crippen LogP contribution in [0, 0.1) is 21.4 Å². The lowest BCUT2D eigenvalue weighted by Crippen LogP contribution is -2.13. The van der Waals surface area contributed by atoms with Gasteiger partial charge in [-0.25, -0.2) is 0 Å². The summed E-state index contributed by atoms with van der Waals surface area (Å²) in [5.41, 5.74) is 0.836. The molecular formula is C16H10ClN3O3. The molecule has 7 heteroatoms. The minimum Gasteiger partial charge on any atom is -0.321 e. The number of carbonyl (C=O) groups excluding carboxylic acids is 1. The number of hydrogen-bond acceptors (Lipinski definition) is 4. The summed E-state index contributed by atoms with van der Waals surface area (Å²) in [4.78, 5) is 22.1. The molecule has 2 aromatic rings. The Bertz CT molecular complexity index is 806. The third-order valence-electron chi connectivity index (χ3n) is 2.88. The van der Waals surface area contributed by atoms with Crippen molar-refractivity contribution < 1.29 is 9.72 Å². The highest BCUT2D eigenvalue weighted by atomic mass is 35.5. The van der Waals surface area contributed by atoms with Crippen molar-refractivity contribution >= 4 is 35.0 Å². The summed E-state index contributed by atoms with van der Waals surface area (Å²) in [6.07, 6.45) is 1.36. The standard InChI is InChI=1S/C16H10ClN3O3/c17-13-3-5-14(6-4-13)19-16(21)12(10-18)9-11-1-7-15(8-2-11)20(22)23/h1-9H,(H,19,21). The number of amides is 1. The van der Waals surface area contributed by atoms with Crippen molar-refractivity contribution in [2.24, 2.45) is 0 Å². The second kappa shape index (κ2) is 7.20. The topological polar surface area (TPSA) is 96.0 Å². The monoisotopic (exact) mass is 327 g/mol. The number of anilines is 1. The van der Waals surface area contributed by atoms with Crippen molar-refractivity contribution in [3.8, 4) is 6.07 Å². The Kier molecular flexibility index (Phi) is 5.07. The molecule has 1 N–H and O–H groups in total. The van der Waals surface area contributed by atoms with Crippen molar-refractivity contribution in [2.45, 2.75) is 0 Å². The minimum atomic E-state index is -0.576. The number of nitro benzene ring substituents is 1. The number of nitro groups is 1. The van der Waals surface area contributed by atoms with E-state index >= 15 is 0 Å². The van der Waals surface area contributed by atoms with Gasteiger partial charge in [0.15, 0.2) is 0 Å². The number of benzene rings is 2. The maximum absolute atomic E-state index is 12.1. The second-order valence-electron chi connectivity index (χ2n) is 4.48. The zero-order chi connectivity index (χ0) is 16.8. The Balaban J connectivity index is 2.17. The largest absolute Gasteiger partial charge is 0.321 e. The van der Waals surface area contributed by atoms with Gasteiger partial charge in [-0.2, -0.15) is 5.26 Å². The van der Waals surface area contributed by atoms with Gasteiger partial charge >= 0.3 is 0 Å². The molecule has 0 fully saturated rings. The maximum Gasteiger partial charge on any atom is 0.269 e. The molecule has 0 aliphatic carbocycles. The van der Waals surface area contributed by atoms with E-state index in [0.29, 0.717) is 16.3 Å². The van der Waals surface area contributed by atoms with Crippen LogP contribution in [-0.4, -0.2) is 10.8 Å². The van der Waals surface area contributed by atoms with E-state index in [1.54, 1.807) is 24.3 Å². The molecule has 0 atom stereocenters. The average Bonchev–Trinajstić information content (AvgIpc) is 2.55.